The molecule has 0 saturated heterocycles. The number of rotatable bonds is 8. The Morgan fingerprint density at radius 3 is 2.60 bits per heavy atom. The number of alkyl carbamates (subject to hydrolysis) is 1. The monoisotopic (exact) mass is 341 g/mol. The smallest absolute Gasteiger partial charge is 0.407 e. The molecule has 0 aliphatic heterocycles. The van der Waals surface area contributed by atoms with Gasteiger partial charge in [-0.25, -0.2) is 4.79 Å². The van der Waals surface area contributed by atoms with E-state index in [0.717, 1.165) is 11.1 Å². The zero-order valence-electron chi connectivity index (χ0n) is 14.4. The molecule has 1 aromatic heterocycles. The van der Waals surface area contributed by atoms with Crippen molar-refractivity contribution in [1.82, 2.24) is 15.2 Å². The minimum Gasteiger partial charge on any atom is -0.445 e. The lowest BCUT2D eigenvalue weighted by Crippen LogP contribution is -2.29. The molecule has 0 spiro atoms. The van der Waals surface area contributed by atoms with Crippen LogP contribution in [-0.2, 0) is 22.7 Å². The van der Waals surface area contributed by atoms with Crippen LogP contribution < -0.4 is 5.32 Å². The Balaban J connectivity index is 1.58. The number of pyridine rings is 1. The zero-order valence-corrected chi connectivity index (χ0v) is 14.4. The number of carbonyl (C=O) groups is 2. The van der Waals surface area contributed by atoms with Crippen molar-refractivity contribution in [2.24, 2.45) is 0 Å². The van der Waals surface area contributed by atoms with Gasteiger partial charge in [0.15, 0.2) is 0 Å². The molecule has 0 radical (unpaired) electrons. The standard InChI is InChI=1S/C19H23N3O3/c1-22(14-17-9-5-11-20-13-17)18(23)10-6-12-21-19(24)25-15-16-7-3-2-4-8-16/h2-5,7-9,11,13H,6,10,12,14-15H2,1H3,(H,21,24). The third-order valence-corrected chi connectivity index (χ3v) is 3.62. The highest BCUT2D eigenvalue weighted by Gasteiger charge is 2.09. The normalized spacial score (nSPS) is 10.1. The third-order valence-electron chi connectivity index (χ3n) is 3.62. The van der Waals surface area contributed by atoms with E-state index in [1.165, 1.54) is 0 Å². The molecule has 2 aromatic rings. The maximum absolute atomic E-state index is 12.1. The maximum atomic E-state index is 12.1. The van der Waals surface area contributed by atoms with E-state index in [0.29, 0.717) is 25.9 Å². The number of nitrogens with zero attached hydrogens (tertiary/aromatic N) is 2. The van der Waals surface area contributed by atoms with Crippen LogP contribution in [-0.4, -0.2) is 35.5 Å². The molecule has 2 rings (SSSR count). The van der Waals surface area contributed by atoms with Gasteiger partial charge < -0.3 is 15.0 Å². The molecule has 6 heteroatoms. The van der Waals surface area contributed by atoms with Crippen molar-refractivity contribution in [3.05, 3.63) is 66.0 Å². The zero-order chi connectivity index (χ0) is 17.9. The largest absolute Gasteiger partial charge is 0.445 e. The van der Waals surface area contributed by atoms with Crippen molar-refractivity contribution in [2.45, 2.75) is 26.0 Å². The summed E-state index contributed by atoms with van der Waals surface area (Å²) in [5.74, 6) is 0.0308. The second-order valence-corrected chi connectivity index (χ2v) is 5.70. The number of amides is 2. The van der Waals surface area contributed by atoms with Crippen molar-refractivity contribution < 1.29 is 14.3 Å². The fraction of sp³-hybridized carbons (Fsp3) is 0.316. The Bertz CT molecular complexity index is 662. The molecule has 0 fully saturated rings. The quantitative estimate of drug-likeness (QED) is 0.750. The van der Waals surface area contributed by atoms with E-state index in [9.17, 15) is 9.59 Å². The van der Waals surface area contributed by atoms with Crippen LogP contribution >= 0.6 is 0 Å². The molecule has 0 aliphatic rings. The van der Waals surface area contributed by atoms with E-state index in [2.05, 4.69) is 10.3 Å². The molecular formula is C19H23N3O3. The summed E-state index contributed by atoms with van der Waals surface area (Å²) in [5.41, 5.74) is 1.92. The van der Waals surface area contributed by atoms with Gasteiger partial charge in [0.05, 0.1) is 0 Å². The van der Waals surface area contributed by atoms with Crippen LogP contribution in [0.3, 0.4) is 0 Å². The lowest BCUT2D eigenvalue weighted by molar-refractivity contribution is -0.130. The number of aromatic nitrogens is 1. The summed E-state index contributed by atoms with van der Waals surface area (Å²) in [6.45, 7) is 1.17. The highest BCUT2D eigenvalue weighted by Crippen LogP contribution is 2.04. The highest BCUT2D eigenvalue weighted by atomic mass is 16.5. The Morgan fingerprint density at radius 1 is 1.12 bits per heavy atom. The molecule has 1 heterocycles. The van der Waals surface area contributed by atoms with Crippen molar-refractivity contribution in [1.29, 1.82) is 0 Å². The average molecular weight is 341 g/mol. The lowest BCUT2D eigenvalue weighted by Gasteiger charge is -2.17. The van der Waals surface area contributed by atoms with Gasteiger partial charge in [-0.05, 0) is 23.6 Å². The van der Waals surface area contributed by atoms with Crippen LogP contribution in [0.4, 0.5) is 4.79 Å². The van der Waals surface area contributed by atoms with E-state index in [4.69, 9.17) is 4.74 Å². The number of carbonyl (C=O) groups excluding carboxylic acids is 2. The first-order chi connectivity index (χ1) is 12.1. The topological polar surface area (TPSA) is 71.5 Å². The second kappa shape index (κ2) is 10.1. The summed E-state index contributed by atoms with van der Waals surface area (Å²) in [6.07, 6.45) is 3.91. The van der Waals surface area contributed by atoms with E-state index < -0.39 is 6.09 Å². The number of hydrogen-bond acceptors (Lipinski definition) is 4. The predicted molar refractivity (Wildman–Crippen MR) is 94.6 cm³/mol. The summed E-state index contributed by atoms with van der Waals surface area (Å²) in [4.78, 5) is 29.4. The Hall–Kier alpha value is -2.89. The van der Waals surface area contributed by atoms with Gasteiger partial charge in [0.2, 0.25) is 5.91 Å². The fourth-order valence-corrected chi connectivity index (χ4v) is 2.25. The molecule has 1 aromatic carbocycles. The van der Waals surface area contributed by atoms with Crippen molar-refractivity contribution in [3.8, 4) is 0 Å². The summed E-state index contributed by atoms with van der Waals surface area (Å²) in [5, 5.41) is 2.65. The average Bonchev–Trinajstić information content (AvgIpc) is 2.65. The predicted octanol–water partition coefficient (Wildman–Crippen LogP) is 2.75. The minimum absolute atomic E-state index is 0.0308. The fourth-order valence-electron chi connectivity index (χ4n) is 2.25. The molecule has 0 aliphatic carbocycles. The number of benzene rings is 1. The number of hydrogen-bond donors (Lipinski definition) is 1. The molecule has 0 unspecified atom stereocenters. The molecule has 6 nitrogen and oxygen atoms in total. The van der Waals surface area contributed by atoms with Gasteiger partial charge in [0.25, 0.3) is 0 Å². The van der Waals surface area contributed by atoms with Crippen LogP contribution in [0, 0.1) is 0 Å². The Morgan fingerprint density at radius 2 is 1.88 bits per heavy atom. The van der Waals surface area contributed by atoms with E-state index in [1.807, 2.05) is 42.5 Å². The molecular weight excluding hydrogens is 318 g/mol. The molecule has 0 bridgehead atoms. The SMILES string of the molecule is CN(Cc1cccnc1)C(=O)CCCNC(=O)OCc1ccccc1. The first kappa shape index (κ1) is 18.4. The number of nitrogens with one attached hydrogen (secondary N) is 1. The summed E-state index contributed by atoms with van der Waals surface area (Å²) < 4.78 is 5.11. The van der Waals surface area contributed by atoms with Crippen LogP contribution in [0.2, 0.25) is 0 Å². The van der Waals surface area contributed by atoms with E-state index in [1.54, 1.807) is 24.3 Å². The van der Waals surface area contributed by atoms with E-state index >= 15 is 0 Å². The molecule has 1 N–H and O–H groups in total. The highest BCUT2D eigenvalue weighted by molar-refractivity contribution is 5.76. The van der Waals surface area contributed by atoms with Crippen LogP contribution in [0.25, 0.3) is 0 Å². The van der Waals surface area contributed by atoms with Crippen molar-refractivity contribution >= 4 is 12.0 Å². The van der Waals surface area contributed by atoms with Gasteiger partial charge in [-0.1, -0.05) is 36.4 Å². The Kier molecular flexibility index (Phi) is 7.43. The second-order valence-electron chi connectivity index (χ2n) is 5.70. The molecule has 2 amide bonds. The molecule has 0 saturated carbocycles. The van der Waals surface area contributed by atoms with E-state index in [-0.39, 0.29) is 12.5 Å². The lowest BCUT2D eigenvalue weighted by atomic mass is 10.2. The third kappa shape index (κ3) is 7.03. The maximum Gasteiger partial charge on any atom is 0.407 e. The van der Waals surface area contributed by atoms with Crippen molar-refractivity contribution in [2.75, 3.05) is 13.6 Å². The summed E-state index contributed by atoms with van der Waals surface area (Å²) >= 11 is 0. The van der Waals surface area contributed by atoms with Gasteiger partial charge in [0, 0.05) is 39.0 Å². The van der Waals surface area contributed by atoms with Gasteiger partial charge >= 0.3 is 6.09 Å². The van der Waals surface area contributed by atoms with Gasteiger partial charge in [-0.2, -0.15) is 0 Å². The van der Waals surface area contributed by atoms with Crippen LogP contribution in [0.5, 0.6) is 0 Å². The first-order valence-electron chi connectivity index (χ1n) is 8.22. The van der Waals surface area contributed by atoms with Crippen LogP contribution in [0.15, 0.2) is 54.9 Å². The van der Waals surface area contributed by atoms with Gasteiger partial charge in [0.1, 0.15) is 6.61 Å². The summed E-state index contributed by atoms with van der Waals surface area (Å²) in [7, 11) is 1.76. The summed E-state index contributed by atoms with van der Waals surface area (Å²) in [6, 6.07) is 13.3. The number of ether oxygens (including phenoxy) is 1. The molecule has 0 atom stereocenters. The van der Waals surface area contributed by atoms with Crippen LogP contribution in [0.1, 0.15) is 24.0 Å². The van der Waals surface area contributed by atoms with Crippen molar-refractivity contribution in [3.63, 3.8) is 0 Å². The van der Waals surface area contributed by atoms with Gasteiger partial charge in [-0.3, -0.25) is 9.78 Å². The molecule has 25 heavy (non-hydrogen) atoms. The Labute approximate surface area is 147 Å². The minimum atomic E-state index is -0.472. The molecule has 132 valence electrons. The van der Waals surface area contributed by atoms with Gasteiger partial charge in [-0.15, -0.1) is 0 Å². The first-order valence-corrected chi connectivity index (χ1v) is 8.22.